The van der Waals surface area contributed by atoms with E-state index in [1.54, 1.807) is 20.8 Å². The predicted octanol–water partition coefficient (Wildman–Crippen LogP) is 6.19. The molecule has 2 unspecified atom stereocenters. The molecule has 1 aliphatic carbocycles. The van der Waals surface area contributed by atoms with Crippen LogP contribution in [0.3, 0.4) is 0 Å². The maximum absolute atomic E-state index is 12.9. The first-order valence-electron chi connectivity index (χ1n) is 14.9. The van der Waals surface area contributed by atoms with Gasteiger partial charge in [0, 0.05) is 25.3 Å². The molecule has 2 atom stereocenters. The van der Waals surface area contributed by atoms with Crippen LogP contribution in [-0.4, -0.2) is 62.9 Å². The number of amides is 1. The monoisotopic (exact) mass is 611 g/mol. The van der Waals surface area contributed by atoms with Gasteiger partial charge in [0.25, 0.3) is 0 Å². The number of hydrogen-bond donors (Lipinski definition) is 4. The number of rotatable bonds is 18. The first kappa shape index (κ1) is 36.0. The molecule has 1 aliphatic rings. The van der Waals surface area contributed by atoms with E-state index in [4.69, 9.17) is 19.3 Å². The van der Waals surface area contributed by atoms with Crippen molar-refractivity contribution in [2.75, 3.05) is 26.3 Å². The van der Waals surface area contributed by atoms with Crippen molar-refractivity contribution in [2.24, 2.45) is 5.92 Å². The molecule has 4 N–H and O–H groups in total. The smallest absolute Gasteiger partial charge is 0.444 e. The Bertz CT molecular complexity index is 1080. The summed E-state index contributed by atoms with van der Waals surface area (Å²) < 4.78 is 27.1. The number of hydrogen-bond acceptors (Lipinski definition) is 7. The van der Waals surface area contributed by atoms with Gasteiger partial charge in [-0.25, -0.2) is 9.36 Å². The van der Waals surface area contributed by atoms with Crippen LogP contribution in [0.15, 0.2) is 42.0 Å². The molecule has 0 heterocycles. The number of ether oxygens (including phenoxy) is 2. The fraction of sp³-hybridized carbons (Fsp3) is 0.645. The van der Waals surface area contributed by atoms with E-state index in [9.17, 15) is 19.6 Å². The maximum atomic E-state index is 12.9. The van der Waals surface area contributed by atoms with Crippen LogP contribution in [0.2, 0.25) is 0 Å². The first-order chi connectivity index (χ1) is 19.8. The summed E-state index contributed by atoms with van der Waals surface area (Å²) in [7, 11) is -4.81. The number of nitrogens with zero attached hydrogens (tertiary/aromatic N) is 1. The molecule has 42 heavy (non-hydrogen) atoms. The third-order valence-corrected chi connectivity index (χ3v) is 7.20. The van der Waals surface area contributed by atoms with Gasteiger partial charge in [0.1, 0.15) is 11.4 Å². The quantitative estimate of drug-likeness (QED) is 0.113. The third-order valence-electron chi connectivity index (χ3n) is 6.76. The minimum atomic E-state index is -4.81. The lowest BCUT2D eigenvalue weighted by atomic mass is 9.96. The van der Waals surface area contributed by atoms with Crippen LogP contribution in [-0.2, 0) is 20.6 Å². The van der Waals surface area contributed by atoms with Crippen molar-refractivity contribution in [2.45, 2.75) is 97.4 Å². The van der Waals surface area contributed by atoms with Crippen molar-refractivity contribution in [1.29, 1.82) is 0 Å². The minimum absolute atomic E-state index is 0.0483. The van der Waals surface area contributed by atoms with Gasteiger partial charge in [0.2, 0.25) is 0 Å². The normalized spacial score (nSPS) is 16.2. The summed E-state index contributed by atoms with van der Waals surface area (Å²) in [6.07, 6.45) is 13.1. The Hall–Kier alpha value is -2.20. The van der Waals surface area contributed by atoms with E-state index in [2.05, 4.69) is 29.7 Å². The SMILES string of the molecule is CC1C=CC(CCCCOCCCCCCN(CC(O)c2ccc(OP(=O)(O)O)c(CO)c2)C(=O)OC(C)(C)C)=CC1. The highest BCUT2D eigenvalue weighted by Gasteiger charge is 2.25. The Balaban J connectivity index is 1.76. The number of unbranched alkanes of at least 4 members (excludes halogenated alkanes) is 4. The third kappa shape index (κ3) is 14.8. The molecule has 0 aliphatic heterocycles. The maximum Gasteiger partial charge on any atom is 0.524 e. The molecule has 0 radical (unpaired) electrons. The zero-order chi connectivity index (χ0) is 31.2. The summed E-state index contributed by atoms with van der Waals surface area (Å²) in [4.78, 5) is 32.5. The molecule has 1 aromatic rings. The van der Waals surface area contributed by atoms with E-state index in [0.717, 1.165) is 58.0 Å². The molecule has 1 amide bonds. The molecule has 1 aromatic carbocycles. The average Bonchev–Trinajstić information content (AvgIpc) is 2.90. The van der Waals surface area contributed by atoms with Crippen LogP contribution in [0.25, 0.3) is 0 Å². The number of allylic oxidation sites excluding steroid dienone is 4. The molecule has 0 saturated carbocycles. The van der Waals surface area contributed by atoms with Gasteiger partial charge in [-0.3, -0.25) is 9.79 Å². The average molecular weight is 612 g/mol. The second-order valence-corrected chi connectivity index (χ2v) is 13.0. The van der Waals surface area contributed by atoms with Gasteiger partial charge in [0.05, 0.1) is 19.3 Å². The molecular formula is C31H50NO9P. The van der Waals surface area contributed by atoms with Crippen molar-refractivity contribution in [1.82, 2.24) is 4.90 Å². The number of phosphoric acid groups is 1. The summed E-state index contributed by atoms with van der Waals surface area (Å²) in [5.74, 6) is 0.467. The van der Waals surface area contributed by atoms with Gasteiger partial charge < -0.3 is 29.1 Å². The Morgan fingerprint density at radius 1 is 1.10 bits per heavy atom. The van der Waals surface area contributed by atoms with Crippen LogP contribution in [0.1, 0.15) is 96.3 Å². The predicted molar refractivity (Wildman–Crippen MR) is 162 cm³/mol. The molecule has 2 rings (SSSR count). The molecular weight excluding hydrogens is 561 g/mol. The highest BCUT2D eigenvalue weighted by atomic mass is 31.2. The fourth-order valence-corrected chi connectivity index (χ4v) is 4.93. The van der Waals surface area contributed by atoms with Crippen molar-refractivity contribution >= 4 is 13.9 Å². The largest absolute Gasteiger partial charge is 0.524 e. The Morgan fingerprint density at radius 2 is 1.79 bits per heavy atom. The van der Waals surface area contributed by atoms with Crippen LogP contribution in [0.4, 0.5) is 4.79 Å². The van der Waals surface area contributed by atoms with Crippen LogP contribution >= 0.6 is 7.82 Å². The van der Waals surface area contributed by atoms with Gasteiger partial charge in [-0.2, -0.15) is 0 Å². The van der Waals surface area contributed by atoms with Gasteiger partial charge in [-0.1, -0.05) is 49.6 Å². The lowest BCUT2D eigenvalue weighted by molar-refractivity contribution is 0.0140. The Kier molecular flexibility index (Phi) is 15.3. The van der Waals surface area contributed by atoms with Gasteiger partial charge in [0.15, 0.2) is 0 Å². The second kappa shape index (κ2) is 17.8. The zero-order valence-electron chi connectivity index (χ0n) is 25.5. The molecule has 238 valence electrons. The van der Waals surface area contributed by atoms with E-state index in [1.165, 1.54) is 28.7 Å². The molecule has 0 bridgehead atoms. The summed E-state index contributed by atoms with van der Waals surface area (Å²) in [6, 6.07) is 4.11. The van der Waals surface area contributed by atoms with E-state index in [0.29, 0.717) is 24.6 Å². The highest BCUT2D eigenvalue weighted by Crippen LogP contribution is 2.39. The number of carbonyl (C=O) groups excluding carboxylic acids is 1. The summed E-state index contributed by atoms with van der Waals surface area (Å²) >= 11 is 0. The van der Waals surface area contributed by atoms with Gasteiger partial charge in [-0.15, -0.1) is 0 Å². The topological polar surface area (TPSA) is 146 Å². The molecule has 0 spiro atoms. The fourth-order valence-electron chi connectivity index (χ4n) is 4.50. The van der Waals surface area contributed by atoms with E-state index < -0.39 is 32.2 Å². The molecule has 0 saturated heterocycles. The Labute approximate surface area is 250 Å². The second-order valence-electron chi connectivity index (χ2n) is 11.9. The van der Waals surface area contributed by atoms with Crippen LogP contribution in [0, 0.1) is 5.92 Å². The number of aliphatic hydroxyl groups is 2. The number of carbonyl (C=O) groups is 1. The van der Waals surface area contributed by atoms with E-state index in [1.807, 2.05) is 0 Å². The molecule has 0 fully saturated rings. The van der Waals surface area contributed by atoms with Crippen LogP contribution < -0.4 is 4.52 Å². The van der Waals surface area contributed by atoms with E-state index >= 15 is 0 Å². The zero-order valence-corrected chi connectivity index (χ0v) is 26.4. The highest BCUT2D eigenvalue weighted by molar-refractivity contribution is 7.46. The lowest BCUT2D eigenvalue weighted by Gasteiger charge is -2.29. The Morgan fingerprint density at radius 3 is 2.40 bits per heavy atom. The van der Waals surface area contributed by atoms with Crippen LogP contribution in [0.5, 0.6) is 5.75 Å². The lowest BCUT2D eigenvalue weighted by Crippen LogP contribution is -2.39. The summed E-state index contributed by atoms with van der Waals surface area (Å²) in [5.41, 5.74) is 1.20. The van der Waals surface area contributed by atoms with E-state index in [-0.39, 0.29) is 17.9 Å². The van der Waals surface area contributed by atoms with Gasteiger partial charge >= 0.3 is 13.9 Å². The van der Waals surface area contributed by atoms with Crippen molar-refractivity contribution < 1.29 is 43.4 Å². The number of aliphatic hydroxyl groups excluding tert-OH is 2. The molecule has 10 nitrogen and oxygen atoms in total. The van der Waals surface area contributed by atoms with Crippen molar-refractivity contribution in [3.05, 3.63) is 53.1 Å². The number of phosphoric ester groups is 1. The van der Waals surface area contributed by atoms with Crippen molar-refractivity contribution in [3.63, 3.8) is 0 Å². The summed E-state index contributed by atoms with van der Waals surface area (Å²) in [6.45, 7) is 8.83. The van der Waals surface area contributed by atoms with Gasteiger partial charge in [-0.05, 0) is 82.9 Å². The standard InChI is InChI=1S/C31H50NO9P/c1-24-12-14-25(15-13-24)11-7-10-20-39-19-9-6-5-8-18-32(30(35)40-31(2,3)4)22-28(34)26-16-17-29(27(21-26)23-33)41-42(36,37)38/h12,14-17,21,24,28,33-34H,5-11,13,18-20,22-23H2,1-4H3,(H2,36,37,38). The minimum Gasteiger partial charge on any atom is -0.444 e. The molecule has 0 aromatic heterocycles. The molecule has 11 heteroatoms. The first-order valence-corrected chi connectivity index (χ1v) is 16.4. The van der Waals surface area contributed by atoms with Crippen molar-refractivity contribution in [3.8, 4) is 5.75 Å². The number of benzene rings is 1. The summed E-state index contributed by atoms with van der Waals surface area (Å²) in [5, 5.41) is 20.5.